The Kier molecular flexibility index (Phi) is 5.74. The molecule has 1 aromatic carbocycles. The van der Waals surface area contributed by atoms with E-state index in [9.17, 15) is 33.2 Å². The number of hydrogen-bond donors (Lipinski definition) is 3. The van der Waals surface area contributed by atoms with Crippen LogP contribution in [-0.4, -0.2) is 28.8 Å². The van der Waals surface area contributed by atoms with Gasteiger partial charge in [0.2, 0.25) is 5.60 Å². The Morgan fingerprint density at radius 3 is 2.48 bits per heavy atom. The average molecular weight is 387 g/mol. The van der Waals surface area contributed by atoms with E-state index in [-0.39, 0.29) is 17.1 Å². The second-order valence-electron chi connectivity index (χ2n) is 5.67. The first kappa shape index (κ1) is 20.2. The molecule has 0 aliphatic heterocycles. The molecule has 11 heteroatoms. The Morgan fingerprint density at radius 1 is 1.26 bits per heavy atom. The van der Waals surface area contributed by atoms with Crippen molar-refractivity contribution >= 4 is 17.4 Å². The molecule has 2 amide bonds. The molecule has 1 unspecified atom stereocenters. The van der Waals surface area contributed by atoms with E-state index in [1.807, 2.05) is 0 Å². The second kappa shape index (κ2) is 7.66. The van der Waals surface area contributed by atoms with Gasteiger partial charge < -0.3 is 20.2 Å². The van der Waals surface area contributed by atoms with Gasteiger partial charge in [-0.15, -0.1) is 0 Å². The molecule has 0 saturated heterocycles. The minimum absolute atomic E-state index is 0.118. The van der Waals surface area contributed by atoms with Crippen molar-refractivity contribution in [2.45, 2.75) is 25.1 Å². The zero-order chi connectivity index (χ0) is 20.2. The minimum atomic E-state index is -5.03. The number of alkyl halides is 3. The van der Waals surface area contributed by atoms with Crippen LogP contribution >= 0.6 is 0 Å². The number of para-hydroxylation sites is 2. The number of benzene rings is 1. The van der Waals surface area contributed by atoms with E-state index in [0.717, 1.165) is 12.1 Å². The number of rotatable bonds is 6. The fourth-order valence-corrected chi connectivity index (χ4v) is 2.32. The number of anilines is 1. The van der Waals surface area contributed by atoms with Gasteiger partial charge in [0.1, 0.15) is 17.2 Å². The quantitative estimate of drug-likeness (QED) is 0.518. The van der Waals surface area contributed by atoms with Crippen LogP contribution in [0.15, 0.2) is 40.8 Å². The van der Waals surface area contributed by atoms with Gasteiger partial charge in [-0.1, -0.05) is 12.1 Å². The highest BCUT2D eigenvalue weighted by Gasteiger charge is 2.56. The Hall–Kier alpha value is -3.08. The molecule has 2 rings (SSSR count). The molecule has 146 valence electrons. The molecule has 1 heterocycles. The number of urea groups is 1. The Morgan fingerprint density at radius 2 is 1.93 bits per heavy atom. The third kappa shape index (κ3) is 4.56. The lowest BCUT2D eigenvalue weighted by Crippen LogP contribution is -2.45. The summed E-state index contributed by atoms with van der Waals surface area (Å²) in [6.45, 7) is 0.862. The van der Waals surface area contributed by atoms with Crippen LogP contribution in [0.3, 0.4) is 0 Å². The highest BCUT2D eigenvalue weighted by Crippen LogP contribution is 2.42. The number of hydrogen-bond acceptors (Lipinski definition) is 5. The molecule has 2 aromatic rings. The molecule has 0 aliphatic rings. The highest BCUT2D eigenvalue weighted by molar-refractivity contribution is 5.91. The van der Waals surface area contributed by atoms with Gasteiger partial charge in [-0.3, -0.25) is 10.1 Å². The maximum absolute atomic E-state index is 13.3. The molecule has 0 radical (unpaired) electrons. The lowest BCUT2D eigenvalue weighted by atomic mass is 9.96. The molecule has 8 nitrogen and oxygen atoms in total. The van der Waals surface area contributed by atoms with Gasteiger partial charge in [0.05, 0.1) is 4.92 Å². The maximum atomic E-state index is 13.3. The van der Waals surface area contributed by atoms with E-state index >= 15 is 0 Å². The van der Waals surface area contributed by atoms with Crippen molar-refractivity contribution in [3.8, 4) is 0 Å². The largest absolute Gasteiger partial charge is 0.463 e. The lowest BCUT2D eigenvalue weighted by molar-refractivity contribution is -0.383. The predicted octanol–water partition coefficient (Wildman–Crippen LogP) is 3.46. The number of amides is 2. The summed E-state index contributed by atoms with van der Waals surface area (Å²) in [5.74, 6) is -0.497. The normalized spacial score (nSPS) is 13.7. The standard InChI is InChI=1S/C16H16F3N3O5/c1-10-6-7-13(27-10)15(24,16(17,18)19)8-9-20-14(23)21-11-4-2-3-5-12(11)22(25)26/h2-7,24H,8-9H2,1H3,(H2,20,21,23). The highest BCUT2D eigenvalue weighted by atomic mass is 19.4. The first-order chi connectivity index (χ1) is 12.5. The van der Waals surface area contributed by atoms with Crippen LogP contribution in [0, 0.1) is 17.0 Å². The van der Waals surface area contributed by atoms with Crippen molar-refractivity contribution in [3.05, 3.63) is 58.0 Å². The van der Waals surface area contributed by atoms with Gasteiger partial charge in [0.25, 0.3) is 5.69 Å². The number of nitrogens with zero attached hydrogens (tertiary/aromatic N) is 1. The SMILES string of the molecule is Cc1ccc(C(O)(CCNC(=O)Nc2ccccc2[N+](=O)[O-])C(F)(F)F)o1. The van der Waals surface area contributed by atoms with Crippen LogP contribution in [-0.2, 0) is 5.60 Å². The van der Waals surface area contributed by atoms with Crippen LogP contribution < -0.4 is 10.6 Å². The second-order valence-corrected chi connectivity index (χ2v) is 5.67. The summed E-state index contributed by atoms with van der Waals surface area (Å²) in [6, 6.07) is 6.62. The first-order valence-corrected chi connectivity index (χ1v) is 7.69. The third-order valence-electron chi connectivity index (χ3n) is 3.74. The molecule has 0 spiro atoms. The topological polar surface area (TPSA) is 118 Å². The third-order valence-corrected chi connectivity index (χ3v) is 3.74. The number of carbonyl (C=O) groups is 1. The van der Waals surface area contributed by atoms with Gasteiger partial charge in [0, 0.05) is 19.0 Å². The van der Waals surface area contributed by atoms with Crippen molar-refractivity contribution < 1.29 is 32.4 Å². The van der Waals surface area contributed by atoms with Crippen molar-refractivity contribution in [1.29, 1.82) is 0 Å². The number of nitro groups is 1. The molecular formula is C16H16F3N3O5. The number of nitro benzene ring substituents is 1. The van der Waals surface area contributed by atoms with Crippen LogP contribution in [0.5, 0.6) is 0 Å². The minimum Gasteiger partial charge on any atom is -0.463 e. The molecular weight excluding hydrogens is 371 g/mol. The molecule has 1 atom stereocenters. The van der Waals surface area contributed by atoms with E-state index in [1.165, 1.54) is 31.2 Å². The fourth-order valence-electron chi connectivity index (χ4n) is 2.32. The van der Waals surface area contributed by atoms with Crippen LogP contribution in [0.2, 0.25) is 0 Å². The van der Waals surface area contributed by atoms with E-state index in [4.69, 9.17) is 4.42 Å². The average Bonchev–Trinajstić information content (AvgIpc) is 3.01. The van der Waals surface area contributed by atoms with Gasteiger partial charge >= 0.3 is 12.2 Å². The maximum Gasteiger partial charge on any atom is 0.424 e. The van der Waals surface area contributed by atoms with Crippen LogP contribution in [0.4, 0.5) is 29.3 Å². The first-order valence-electron chi connectivity index (χ1n) is 7.69. The summed E-state index contributed by atoms with van der Waals surface area (Å²) in [7, 11) is 0. The molecule has 0 aliphatic carbocycles. The fraction of sp³-hybridized carbons (Fsp3) is 0.312. The zero-order valence-electron chi connectivity index (χ0n) is 14.0. The van der Waals surface area contributed by atoms with E-state index in [0.29, 0.717) is 0 Å². The van der Waals surface area contributed by atoms with Gasteiger partial charge in [0.15, 0.2) is 0 Å². The Balaban J connectivity index is 2.03. The lowest BCUT2D eigenvalue weighted by Gasteiger charge is -2.28. The number of furan rings is 1. The molecule has 3 N–H and O–H groups in total. The molecule has 27 heavy (non-hydrogen) atoms. The van der Waals surface area contributed by atoms with Gasteiger partial charge in [-0.25, -0.2) is 4.79 Å². The van der Waals surface area contributed by atoms with E-state index in [1.54, 1.807) is 0 Å². The van der Waals surface area contributed by atoms with Crippen LogP contribution in [0.25, 0.3) is 0 Å². The van der Waals surface area contributed by atoms with Crippen molar-refractivity contribution in [1.82, 2.24) is 5.32 Å². The summed E-state index contributed by atoms with van der Waals surface area (Å²) in [6.07, 6.45) is -5.94. The van der Waals surface area contributed by atoms with Crippen molar-refractivity contribution in [2.75, 3.05) is 11.9 Å². The Labute approximate surface area is 151 Å². The van der Waals surface area contributed by atoms with Gasteiger partial charge in [-0.05, 0) is 25.1 Å². The van der Waals surface area contributed by atoms with Crippen molar-refractivity contribution in [3.63, 3.8) is 0 Å². The summed E-state index contributed by atoms with van der Waals surface area (Å²) in [5, 5.41) is 25.3. The monoisotopic (exact) mass is 387 g/mol. The number of aryl methyl sites for hydroxylation is 1. The molecule has 1 aromatic heterocycles. The number of carbonyl (C=O) groups excluding carboxylic acids is 1. The smallest absolute Gasteiger partial charge is 0.424 e. The molecule has 0 bridgehead atoms. The van der Waals surface area contributed by atoms with Crippen molar-refractivity contribution in [2.24, 2.45) is 0 Å². The predicted molar refractivity (Wildman–Crippen MR) is 88.1 cm³/mol. The summed E-state index contributed by atoms with van der Waals surface area (Å²) >= 11 is 0. The summed E-state index contributed by atoms with van der Waals surface area (Å²) < 4.78 is 44.8. The Bertz CT molecular complexity index is 837. The summed E-state index contributed by atoms with van der Waals surface area (Å²) in [5.41, 5.74) is -3.77. The molecule has 0 saturated carbocycles. The molecule has 0 fully saturated rings. The summed E-state index contributed by atoms with van der Waals surface area (Å²) in [4.78, 5) is 22.0. The number of nitrogens with one attached hydrogen (secondary N) is 2. The number of halogens is 3. The van der Waals surface area contributed by atoms with Gasteiger partial charge in [-0.2, -0.15) is 13.2 Å². The zero-order valence-corrected chi connectivity index (χ0v) is 14.0. The van der Waals surface area contributed by atoms with Crippen LogP contribution in [0.1, 0.15) is 17.9 Å². The van der Waals surface area contributed by atoms with E-state index in [2.05, 4.69) is 10.6 Å². The number of aliphatic hydroxyl groups is 1. The van der Waals surface area contributed by atoms with E-state index < -0.39 is 41.5 Å².